The van der Waals surface area contributed by atoms with Gasteiger partial charge >= 0.3 is 0 Å². The van der Waals surface area contributed by atoms with Crippen LogP contribution in [0.5, 0.6) is 0 Å². The molecule has 120 valence electrons. The van der Waals surface area contributed by atoms with E-state index in [2.05, 4.69) is 67.5 Å². The Balaban J connectivity index is 2.03. The minimum absolute atomic E-state index is 0.278. The van der Waals surface area contributed by atoms with Crippen LogP contribution < -0.4 is 5.32 Å². The highest BCUT2D eigenvalue weighted by molar-refractivity contribution is 5.25. The van der Waals surface area contributed by atoms with Crippen LogP contribution in [0.4, 0.5) is 0 Å². The molecular formula is C18H27N3O. The van der Waals surface area contributed by atoms with Crippen LogP contribution in [0, 0.1) is 18.8 Å². The Morgan fingerprint density at radius 1 is 1.05 bits per heavy atom. The summed E-state index contributed by atoms with van der Waals surface area (Å²) in [5.74, 6) is 2.42. The van der Waals surface area contributed by atoms with E-state index in [1.807, 2.05) is 6.92 Å². The Morgan fingerprint density at radius 2 is 1.73 bits per heavy atom. The zero-order valence-corrected chi connectivity index (χ0v) is 14.3. The summed E-state index contributed by atoms with van der Waals surface area (Å²) in [6, 6.07) is 9.22. The van der Waals surface area contributed by atoms with Gasteiger partial charge in [0, 0.05) is 13.0 Å². The summed E-state index contributed by atoms with van der Waals surface area (Å²) in [6.45, 7) is 11.3. The van der Waals surface area contributed by atoms with E-state index in [4.69, 9.17) is 4.42 Å². The number of hydrogen-bond donors (Lipinski definition) is 1. The van der Waals surface area contributed by atoms with Crippen LogP contribution in [0.15, 0.2) is 28.7 Å². The first kappa shape index (κ1) is 16.7. The summed E-state index contributed by atoms with van der Waals surface area (Å²) in [6.07, 6.45) is 1.13. The van der Waals surface area contributed by atoms with Gasteiger partial charge in [0.25, 0.3) is 0 Å². The molecule has 0 unspecified atom stereocenters. The lowest BCUT2D eigenvalue weighted by Gasteiger charge is -2.22. The molecule has 0 spiro atoms. The molecule has 4 heteroatoms. The molecule has 4 nitrogen and oxygen atoms in total. The van der Waals surface area contributed by atoms with E-state index in [-0.39, 0.29) is 6.04 Å². The largest absolute Gasteiger partial charge is 0.424 e. The summed E-state index contributed by atoms with van der Waals surface area (Å²) >= 11 is 0. The Kier molecular flexibility index (Phi) is 5.72. The summed E-state index contributed by atoms with van der Waals surface area (Å²) in [5.41, 5.74) is 2.70. The SMILES string of the molecule is Cc1nnc(CN[C@H](c2ccc(CC(C)C)cc2)C(C)C)o1. The van der Waals surface area contributed by atoms with Crippen molar-refractivity contribution in [2.75, 3.05) is 0 Å². The molecule has 1 aromatic carbocycles. The Labute approximate surface area is 133 Å². The van der Waals surface area contributed by atoms with E-state index in [0.29, 0.717) is 30.2 Å². The van der Waals surface area contributed by atoms with Gasteiger partial charge in [0.1, 0.15) is 0 Å². The summed E-state index contributed by atoms with van der Waals surface area (Å²) in [7, 11) is 0. The monoisotopic (exact) mass is 301 g/mol. The van der Waals surface area contributed by atoms with Gasteiger partial charge in [-0.25, -0.2) is 0 Å². The van der Waals surface area contributed by atoms with Gasteiger partial charge in [-0.3, -0.25) is 0 Å². The highest BCUT2D eigenvalue weighted by Crippen LogP contribution is 2.23. The third-order valence-corrected chi connectivity index (χ3v) is 3.69. The van der Waals surface area contributed by atoms with Crippen LogP contribution >= 0.6 is 0 Å². The number of benzene rings is 1. The molecule has 1 aromatic heterocycles. The van der Waals surface area contributed by atoms with Gasteiger partial charge in [-0.15, -0.1) is 10.2 Å². The third kappa shape index (κ3) is 4.67. The smallest absolute Gasteiger partial charge is 0.230 e. The maximum absolute atomic E-state index is 5.43. The molecule has 0 fully saturated rings. The molecule has 1 N–H and O–H groups in total. The van der Waals surface area contributed by atoms with Gasteiger partial charge in [0.2, 0.25) is 11.8 Å². The van der Waals surface area contributed by atoms with Crippen molar-refractivity contribution in [1.82, 2.24) is 15.5 Å². The average Bonchev–Trinajstić information content (AvgIpc) is 2.85. The van der Waals surface area contributed by atoms with E-state index in [9.17, 15) is 0 Å². The van der Waals surface area contributed by atoms with Crippen LogP contribution in [-0.2, 0) is 13.0 Å². The van der Waals surface area contributed by atoms with Crippen molar-refractivity contribution in [3.63, 3.8) is 0 Å². The summed E-state index contributed by atoms with van der Waals surface area (Å²) in [5, 5.41) is 11.4. The third-order valence-electron chi connectivity index (χ3n) is 3.69. The van der Waals surface area contributed by atoms with E-state index < -0.39 is 0 Å². The Bertz CT molecular complexity index is 572. The number of aryl methyl sites for hydroxylation is 1. The molecular weight excluding hydrogens is 274 g/mol. The lowest BCUT2D eigenvalue weighted by Crippen LogP contribution is -2.25. The van der Waals surface area contributed by atoms with Crippen molar-refractivity contribution in [3.8, 4) is 0 Å². The molecule has 0 aliphatic heterocycles. The first-order valence-electron chi connectivity index (χ1n) is 8.07. The maximum atomic E-state index is 5.43. The van der Waals surface area contributed by atoms with Crippen molar-refractivity contribution in [1.29, 1.82) is 0 Å². The minimum atomic E-state index is 0.278. The van der Waals surface area contributed by atoms with Gasteiger partial charge in [-0.05, 0) is 29.4 Å². The van der Waals surface area contributed by atoms with Crippen molar-refractivity contribution < 1.29 is 4.42 Å². The second-order valence-corrected chi connectivity index (χ2v) is 6.66. The van der Waals surface area contributed by atoms with Crippen LogP contribution in [0.2, 0.25) is 0 Å². The van der Waals surface area contributed by atoms with Crippen LogP contribution in [0.3, 0.4) is 0 Å². The second-order valence-electron chi connectivity index (χ2n) is 6.66. The van der Waals surface area contributed by atoms with E-state index in [1.54, 1.807) is 0 Å². The molecule has 0 aliphatic carbocycles. The second kappa shape index (κ2) is 7.54. The quantitative estimate of drug-likeness (QED) is 0.837. The van der Waals surface area contributed by atoms with Crippen LogP contribution in [-0.4, -0.2) is 10.2 Å². The molecule has 0 amide bonds. The fourth-order valence-electron chi connectivity index (χ4n) is 2.68. The first-order chi connectivity index (χ1) is 10.5. The molecule has 0 bridgehead atoms. The lowest BCUT2D eigenvalue weighted by molar-refractivity contribution is 0.373. The molecule has 0 saturated carbocycles. The fraction of sp³-hybridized carbons (Fsp3) is 0.556. The molecule has 0 saturated heterocycles. The van der Waals surface area contributed by atoms with Gasteiger partial charge in [-0.2, -0.15) is 0 Å². The van der Waals surface area contributed by atoms with Gasteiger partial charge in [0.15, 0.2) is 0 Å². The van der Waals surface area contributed by atoms with Gasteiger partial charge in [0.05, 0.1) is 6.54 Å². The van der Waals surface area contributed by atoms with E-state index in [0.717, 1.165) is 6.42 Å². The van der Waals surface area contributed by atoms with Crippen molar-refractivity contribution in [2.45, 2.75) is 53.6 Å². The number of rotatable bonds is 7. The number of hydrogen-bond acceptors (Lipinski definition) is 4. The topological polar surface area (TPSA) is 51.0 Å². The number of aromatic nitrogens is 2. The minimum Gasteiger partial charge on any atom is -0.424 e. The molecule has 2 aromatic rings. The number of nitrogens with one attached hydrogen (secondary N) is 1. The Morgan fingerprint density at radius 3 is 2.23 bits per heavy atom. The predicted octanol–water partition coefficient (Wildman–Crippen LogP) is 4.06. The highest BCUT2D eigenvalue weighted by Gasteiger charge is 2.16. The average molecular weight is 301 g/mol. The van der Waals surface area contributed by atoms with Crippen molar-refractivity contribution in [2.24, 2.45) is 11.8 Å². The maximum Gasteiger partial charge on any atom is 0.230 e. The zero-order valence-electron chi connectivity index (χ0n) is 14.3. The lowest BCUT2D eigenvalue weighted by atomic mass is 9.94. The molecule has 1 heterocycles. The van der Waals surface area contributed by atoms with Crippen molar-refractivity contribution >= 4 is 0 Å². The van der Waals surface area contributed by atoms with E-state index >= 15 is 0 Å². The van der Waals surface area contributed by atoms with Gasteiger partial charge < -0.3 is 9.73 Å². The van der Waals surface area contributed by atoms with E-state index in [1.165, 1.54) is 11.1 Å². The molecule has 2 rings (SSSR count). The van der Waals surface area contributed by atoms with Crippen LogP contribution in [0.1, 0.15) is 56.6 Å². The van der Waals surface area contributed by atoms with Crippen LogP contribution in [0.25, 0.3) is 0 Å². The predicted molar refractivity (Wildman–Crippen MR) is 88.4 cm³/mol. The van der Waals surface area contributed by atoms with Gasteiger partial charge in [-0.1, -0.05) is 52.0 Å². The normalized spacial score (nSPS) is 13.0. The molecule has 0 aliphatic rings. The highest BCUT2D eigenvalue weighted by atomic mass is 16.4. The summed E-state index contributed by atoms with van der Waals surface area (Å²) < 4.78 is 5.43. The van der Waals surface area contributed by atoms with Crippen molar-refractivity contribution in [3.05, 3.63) is 47.2 Å². The fourth-order valence-corrected chi connectivity index (χ4v) is 2.68. The summed E-state index contributed by atoms with van der Waals surface area (Å²) in [4.78, 5) is 0. The number of nitrogens with zero attached hydrogens (tertiary/aromatic N) is 2. The first-order valence-corrected chi connectivity index (χ1v) is 8.07. The standard InChI is InChI=1S/C18H27N3O/c1-12(2)10-15-6-8-16(9-7-15)18(13(3)4)19-11-17-21-20-14(5)22-17/h6-9,12-13,18-19H,10-11H2,1-5H3/t18-/m0/s1. The zero-order chi connectivity index (χ0) is 16.1. The molecule has 22 heavy (non-hydrogen) atoms. The Hall–Kier alpha value is -1.68. The molecule has 0 radical (unpaired) electrons. The molecule has 1 atom stereocenters.